The summed E-state index contributed by atoms with van der Waals surface area (Å²) in [5.74, 6) is -0.652. The first-order valence-electron chi connectivity index (χ1n) is 9.47. The van der Waals surface area contributed by atoms with Crippen molar-refractivity contribution in [2.45, 2.75) is 12.5 Å². The molecule has 1 fully saturated rings. The molecule has 0 radical (unpaired) electrons. The average molecular weight is 461 g/mol. The standard InChI is InChI=1S/C20H18Cl2N6O3/c1-23-20(31)27-6-4-11(9-27)28-10-13(17(29)12-3-2-5-25-18(12)28)19(30)26-16-14(21)7-24-8-15(16)22/h2-3,5,7-8,10-11H,4,6,9H2,1H3,(H,23,31)(H,24,26,30)/t11-/m0/s1. The quantitative estimate of drug-likeness (QED) is 0.624. The van der Waals surface area contributed by atoms with Gasteiger partial charge in [0.2, 0.25) is 5.43 Å². The Hall–Kier alpha value is -3.17. The van der Waals surface area contributed by atoms with E-state index in [2.05, 4.69) is 20.6 Å². The van der Waals surface area contributed by atoms with Crippen molar-refractivity contribution in [3.05, 3.63) is 62.8 Å². The summed E-state index contributed by atoms with van der Waals surface area (Å²) in [6.45, 7) is 0.978. The molecule has 0 aliphatic carbocycles. The van der Waals surface area contributed by atoms with Crippen LogP contribution in [0.2, 0.25) is 10.0 Å². The van der Waals surface area contributed by atoms with Crippen LogP contribution >= 0.6 is 23.2 Å². The highest BCUT2D eigenvalue weighted by Gasteiger charge is 2.29. The predicted molar refractivity (Wildman–Crippen MR) is 118 cm³/mol. The molecular formula is C20H18Cl2N6O3. The first kappa shape index (κ1) is 21.1. The molecule has 0 saturated carbocycles. The van der Waals surface area contributed by atoms with Crippen molar-refractivity contribution >= 4 is 51.9 Å². The monoisotopic (exact) mass is 460 g/mol. The lowest BCUT2D eigenvalue weighted by Gasteiger charge is -2.20. The van der Waals surface area contributed by atoms with Gasteiger partial charge in [-0.15, -0.1) is 0 Å². The Labute approximate surface area is 187 Å². The van der Waals surface area contributed by atoms with E-state index >= 15 is 0 Å². The van der Waals surface area contributed by atoms with Gasteiger partial charge in [0.05, 0.1) is 27.2 Å². The number of hydrogen-bond donors (Lipinski definition) is 2. The molecule has 3 aromatic rings. The van der Waals surface area contributed by atoms with E-state index in [-0.39, 0.29) is 33.4 Å². The fourth-order valence-corrected chi connectivity index (χ4v) is 4.11. The van der Waals surface area contributed by atoms with Gasteiger partial charge < -0.3 is 20.1 Å². The number of hydrogen-bond acceptors (Lipinski definition) is 5. The number of urea groups is 1. The molecule has 1 saturated heterocycles. The van der Waals surface area contributed by atoms with Gasteiger partial charge in [-0.05, 0) is 18.6 Å². The van der Waals surface area contributed by atoms with Crippen LogP contribution in [0.1, 0.15) is 22.8 Å². The first-order chi connectivity index (χ1) is 14.9. The van der Waals surface area contributed by atoms with E-state index in [1.165, 1.54) is 18.6 Å². The molecule has 9 nitrogen and oxygen atoms in total. The maximum Gasteiger partial charge on any atom is 0.317 e. The number of anilines is 1. The van der Waals surface area contributed by atoms with E-state index < -0.39 is 11.3 Å². The number of rotatable bonds is 3. The van der Waals surface area contributed by atoms with Crippen molar-refractivity contribution in [1.82, 2.24) is 24.8 Å². The molecule has 11 heteroatoms. The van der Waals surface area contributed by atoms with E-state index in [0.717, 1.165) is 0 Å². The van der Waals surface area contributed by atoms with Gasteiger partial charge in [0.15, 0.2) is 0 Å². The molecule has 4 rings (SSSR count). The SMILES string of the molecule is CNC(=O)N1CC[C@H](n2cc(C(=O)Nc3c(Cl)cncc3Cl)c(=O)c3cccnc32)C1. The van der Waals surface area contributed by atoms with Gasteiger partial charge in [-0.1, -0.05) is 23.2 Å². The molecular weight excluding hydrogens is 443 g/mol. The second-order valence-electron chi connectivity index (χ2n) is 7.03. The van der Waals surface area contributed by atoms with Crippen LogP contribution < -0.4 is 16.1 Å². The van der Waals surface area contributed by atoms with Crippen molar-refractivity contribution in [3.8, 4) is 0 Å². The van der Waals surface area contributed by atoms with Crippen molar-refractivity contribution < 1.29 is 9.59 Å². The van der Waals surface area contributed by atoms with E-state index in [0.29, 0.717) is 30.5 Å². The van der Waals surface area contributed by atoms with Gasteiger partial charge in [-0.25, -0.2) is 9.78 Å². The molecule has 2 N–H and O–H groups in total. The smallest absolute Gasteiger partial charge is 0.317 e. The van der Waals surface area contributed by atoms with Gasteiger partial charge >= 0.3 is 6.03 Å². The molecule has 1 aliphatic heterocycles. The maximum absolute atomic E-state index is 13.0. The minimum Gasteiger partial charge on any atom is -0.341 e. The third-order valence-electron chi connectivity index (χ3n) is 5.18. The number of fused-ring (bicyclic) bond motifs is 1. The van der Waals surface area contributed by atoms with Crippen LogP contribution in [0.25, 0.3) is 11.0 Å². The number of aromatic nitrogens is 3. The molecule has 0 bridgehead atoms. The van der Waals surface area contributed by atoms with Crippen molar-refractivity contribution in [1.29, 1.82) is 0 Å². The van der Waals surface area contributed by atoms with Crippen LogP contribution in [0.3, 0.4) is 0 Å². The summed E-state index contributed by atoms with van der Waals surface area (Å²) >= 11 is 12.2. The fraction of sp³-hybridized carbons (Fsp3) is 0.250. The summed E-state index contributed by atoms with van der Waals surface area (Å²) in [7, 11) is 1.57. The summed E-state index contributed by atoms with van der Waals surface area (Å²) in [6.07, 6.45) is 6.41. The number of nitrogens with one attached hydrogen (secondary N) is 2. The second kappa shape index (κ2) is 8.52. The molecule has 3 aromatic heterocycles. The maximum atomic E-state index is 13.0. The predicted octanol–water partition coefficient (Wildman–Crippen LogP) is 2.94. The molecule has 0 spiro atoms. The Balaban J connectivity index is 1.77. The average Bonchev–Trinajstić information content (AvgIpc) is 3.26. The summed E-state index contributed by atoms with van der Waals surface area (Å²) in [5.41, 5.74) is 0.0853. The zero-order valence-corrected chi connectivity index (χ0v) is 17.9. The number of likely N-dealkylation sites (tertiary alicyclic amines) is 1. The zero-order chi connectivity index (χ0) is 22.1. The highest BCUT2D eigenvalue weighted by molar-refractivity contribution is 6.39. The topological polar surface area (TPSA) is 109 Å². The lowest BCUT2D eigenvalue weighted by molar-refractivity contribution is 0.102. The number of amides is 3. The van der Waals surface area contributed by atoms with Crippen LogP contribution in [-0.4, -0.2) is 51.5 Å². The van der Waals surface area contributed by atoms with Gasteiger partial charge in [-0.3, -0.25) is 14.6 Å². The Morgan fingerprint density at radius 1 is 1.23 bits per heavy atom. The second-order valence-corrected chi connectivity index (χ2v) is 7.84. The van der Waals surface area contributed by atoms with Crippen LogP contribution in [0.15, 0.2) is 41.7 Å². The van der Waals surface area contributed by atoms with Crippen LogP contribution in [-0.2, 0) is 0 Å². The number of nitrogens with zero attached hydrogens (tertiary/aromatic N) is 4. The van der Waals surface area contributed by atoms with Crippen LogP contribution in [0.5, 0.6) is 0 Å². The normalized spacial score (nSPS) is 15.8. The molecule has 0 aromatic carbocycles. The largest absolute Gasteiger partial charge is 0.341 e. The first-order valence-corrected chi connectivity index (χ1v) is 10.2. The van der Waals surface area contributed by atoms with E-state index in [1.54, 1.807) is 34.8 Å². The van der Waals surface area contributed by atoms with Crippen LogP contribution in [0, 0.1) is 0 Å². The Morgan fingerprint density at radius 3 is 2.68 bits per heavy atom. The molecule has 160 valence electrons. The lowest BCUT2D eigenvalue weighted by atomic mass is 10.1. The van der Waals surface area contributed by atoms with E-state index in [4.69, 9.17) is 23.2 Å². The fourth-order valence-electron chi connectivity index (χ4n) is 3.65. The minimum atomic E-state index is -0.652. The molecule has 1 atom stereocenters. The zero-order valence-electron chi connectivity index (χ0n) is 16.4. The van der Waals surface area contributed by atoms with Gasteiger partial charge in [0, 0.05) is 44.9 Å². The van der Waals surface area contributed by atoms with Crippen molar-refractivity contribution in [2.24, 2.45) is 0 Å². The van der Waals surface area contributed by atoms with Crippen molar-refractivity contribution in [2.75, 3.05) is 25.5 Å². The van der Waals surface area contributed by atoms with Crippen molar-refractivity contribution in [3.63, 3.8) is 0 Å². The Kier molecular flexibility index (Phi) is 5.79. The molecule has 3 amide bonds. The van der Waals surface area contributed by atoms with Gasteiger partial charge in [0.1, 0.15) is 11.2 Å². The molecule has 1 aliphatic rings. The van der Waals surface area contributed by atoms with Gasteiger partial charge in [-0.2, -0.15) is 0 Å². The molecule has 31 heavy (non-hydrogen) atoms. The number of pyridine rings is 3. The Bertz CT molecular complexity index is 1230. The highest BCUT2D eigenvalue weighted by atomic mass is 35.5. The Morgan fingerprint density at radius 2 is 1.97 bits per heavy atom. The molecule has 0 unspecified atom stereocenters. The lowest BCUT2D eigenvalue weighted by Crippen LogP contribution is -2.36. The van der Waals surface area contributed by atoms with Gasteiger partial charge in [0.25, 0.3) is 5.91 Å². The summed E-state index contributed by atoms with van der Waals surface area (Å²) < 4.78 is 1.78. The summed E-state index contributed by atoms with van der Waals surface area (Å²) in [5, 5.41) is 5.83. The highest BCUT2D eigenvalue weighted by Crippen LogP contribution is 2.29. The number of carbonyl (C=O) groups excluding carboxylic acids is 2. The van der Waals surface area contributed by atoms with Crippen LogP contribution in [0.4, 0.5) is 10.5 Å². The third kappa shape index (κ3) is 3.94. The van der Waals surface area contributed by atoms with E-state index in [9.17, 15) is 14.4 Å². The third-order valence-corrected chi connectivity index (χ3v) is 5.76. The number of halogens is 2. The molecule has 4 heterocycles. The van der Waals surface area contributed by atoms with E-state index in [1.807, 2.05) is 0 Å². The summed E-state index contributed by atoms with van der Waals surface area (Å²) in [4.78, 5) is 47.9. The summed E-state index contributed by atoms with van der Waals surface area (Å²) in [6, 6.07) is 2.93. The minimum absolute atomic E-state index is 0.0807. The number of carbonyl (C=O) groups is 2.